The molecule has 0 atom stereocenters. The van der Waals surface area contributed by atoms with Crippen molar-refractivity contribution in [1.29, 1.82) is 0 Å². The maximum Gasteiger partial charge on any atom is 0.319 e. The summed E-state index contributed by atoms with van der Waals surface area (Å²) >= 11 is 0. The average Bonchev–Trinajstić information content (AvgIpc) is 2.90. The molecule has 3 aromatic rings. The summed E-state index contributed by atoms with van der Waals surface area (Å²) in [6.07, 6.45) is 9.52. The second-order valence-corrected chi connectivity index (χ2v) is 7.71. The van der Waals surface area contributed by atoms with Crippen LogP contribution in [0.2, 0.25) is 0 Å². The predicted octanol–water partition coefficient (Wildman–Crippen LogP) is 0.289. The Balaban J connectivity index is 0.00000380. The number of anilines is 3. The number of pyridine rings is 3. The maximum absolute atomic E-state index is 12.1. The Labute approximate surface area is 225 Å². The molecule has 0 aromatic carbocycles. The molecule has 3 aromatic heterocycles. The number of carbonyl (C=O) groups is 3. The molecule has 0 spiro atoms. The Morgan fingerprint density at radius 2 is 0.872 bits per heavy atom. The second kappa shape index (κ2) is 18.4. The Hall–Kier alpha value is -4.86. The van der Waals surface area contributed by atoms with E-state index in [1.807, 2.05) is 4.90 Å². The van der Waals surface area contributed by atoms with Crippen LogP contribution in [0.15, 0.2) is 73.6 Å². The zero-order chi connectivity index (χ0) is 26.1. The van der Waals surface area contributed by atoms with E-state index >= 15 is 0 Å². The highest BCUT2D eigenvalue weighted by Gasteiger charge is 2.09. The molecule has 10 N–H and O–H groups in total. The lowest BCUT2D eigenvalue weighted by atomic mass is 10.4. The van der Waals surface area contributed by atoms with Gasteiger partial charge in [-0.1, -0.05) is 0 Å². The molecule has 0 aliphatic carbocycles. The molecule has 0 radical (unpaired) electrons. The average molecular weight is 543 g/mol. The first-order valence-corrected chi connectivity index (χ1v) is 11.7. The molecule has 0 fully saturated rings. The van der Waals surface area contributed by atoms with E-state index in [0.717, 1.165) is 0 Å². The Morgan fingerprint density at radius 1 is 0.564 bits per heavy atom. The third kappa shape index (κ3) is 13.3. The van der Waals surface area contributed by atoms with Crippen LogP contribution in [0.25, 0.3) is 0 Å². The zero-order valence-corrected chi connectivity index (χ0v) is 21.2. The molecular formula is C24H34N10O5. The van der Waals surface area contributed by atoms with Gasteiger partial charge in [0.05, 0.1) is 35.7 Å². The highest BCUT2D eigenvalue weighted by Crippen LogP contribution is 2.03. The van der Waals surface area contributed by atoms with Gasteiger partial charge in [0.25, 0.3) is 0 Å². The normalized spacial score (nSPS) is 9.77. The smallest absolute Gasteiger partial charge is 0.319 e. The van der Waals surface area contributed by atoms with Gasteiger partial charge in [0.2, 0.25) is 0 Å². The molecule has 15 nitrogen and oxygen atoms in total. The van der Waals surface area contributed by atoms with Gasteiger partial charge in [-0.25, -0.2) is 14.4 Å². The monoisotopic (exact) mass is 542 g/mol. The Bertz CT molecular complexity index is 969. The van der Waals surface area contributed by atoms with E-state index in [-0.39, 0.29) is 29.0 Å². The molecule has 3 rings (SSSR count). The number of hydrogen-bond acceptors (Lipinski definition) is 7. The van der Waals surface area contributed by atoms with Gasteiger partial charge < -0.3 is 42.9 Å². The minimum atomic E-state index is -0.351. The van der Waals surface area contributed by atoms with Crippen LogP contribution >= 0.6 is 0 Å². The highest BCUT2D eigenvalue weighted by molar-refractivity contribution is 5.90. The van der Waals surface area contributed by atoms with Crippen molar-refractivity contribution in [2.24, 2.45) is 0 Å². The molecule has 0 saturated heterocycles. The summed E-state index contributed by atoms with van der Waals surface area (Å²) in [5.74, 6) is 0. The highest BCUT2D eigenvalue weighted by atomic mass is 16.2. The second-order valence-electron chi connectivity index (χ2n) is 7.71. The van der Waals surface area contributed by atoms with Crippen LogP contribution in [0.5, 0.6) is 0 Å². The SMILES string of the molecule is O.O.O=C(NCCN(CCNC(=O)Nc1cccnc1)CCNC(=O)Nc1cccnc1)Nc1cccnc1. The van der Waals surface area contributed by atoms with Crippen molar-refractivity contribution in [3.63, 3.8) is 0 Å². The number of rotatable bonds is 12. The Morgan fingerprint density at radius 3 is 1.13 bits per heavy atom. The molecule has 0 aliphatic rings. The fraction of sp³-hybridized carbons (Fsp3) is 0.250. The molecule has 6 amide bonds. The number of nitrogens with zero attached hydrogens (tertiary/aromatic N) is 4. The largest absolute Gasteiger partial charge is 0.412 e. The lowest BCUT2D eigenvalue weighted by Crippen LogP contribution is -2.44. The number of hydrogen-bond donors (Lipinski definition) is 6. The maximum atomic E-state index is 12.1. The van der Waals surface area contributed by atoms with Crippen LogP contribution in [0.3, 0.4) is 0 Å². The molecule has 39 heavy (non-hydrogen) atoms. The van der Waals surface area contributed by atoms with Crippen LogP contribution in [0.4, 0.5) is 31.4 Å². The first-order chi connectivity index (χ1) is 18.1. The molecular weight excluding hydrogens is 508 g/mol. The van der Waals surface area contributed by atoms with E-state index in [1.165, 1.54) is 0 Å². The first-order valence-electron chi connectivity index (χ1n) is 11.7. The van der Waals surface area contributed by atoms with Gasteiger partial charge in [-0.3, -0.25) is 19.9 Å². The van der Waals surface area contributed by atoms with Gasteiger partial charge in [-0.05, 0) is 36.4 Å². The van der Waals surface area contributed by atoms with Crippen LogP contribution in [-0.2, 0) is 0 Å². The van der Waals surface area contributed by atoms with Gasteiger partial charge >= 0.3 is 18.1 Å². The Kier molecular flexibility index (Phi) is 15.2. The fourth-order valence-electron chi connectivity index (χ4n) is 3.15. The van der Waals surface area contributed by atoms with Crippen molar-refractivity contribution < 1.29 is 25.3 Å². The van der Waals surface area contributed by atoms with Gasteiger partial charge in [0, 0.05) is 57.9 Å². The number of nitrogens with one attached hydrogen (secondary N) is 6. The van der Waals surface area contributed by atoms with Crippen LogP contribution in [0.1, 0.15) is 0 Å². The summed E-state index contributed by atoms with van der Waals surface area (Å²) in [5, 5.41) is 16.5. The summed E-state index contributed by atoms with van der Waals surface area (Å²) < 4.78 is 0. The van der Waals surface area contributed by atoms with Crippen LogP contribution in [-0.4, -0.2) is 88.2 Å². The summed E-state index contributed by atoms with van der Waals surface area (Å²) in [7, 11) is 0. The quantitative estimate of drug-likeness (QED) is 0.187. The number of aromatic nitrogens is 3. The summed E-state index contributed by atoms with van der Waals surface area (Å²) in [6.45, 7) is 2.57. The van der Waals surface area contributed by atoms with E-state index in [1.54, 1.807) is 73.6 Å². The van der Waals surface area contributed by atoms with Gasteiger partial charge in [0.1, 0.15) is 0 Å². The van der Waals surface area contributed by atoms with E-state index in [0.29, 0.717) is 56.3 Å². The van der Waals surface area contributed by atoms with Crippen LogP contribution in [0, 0.1) is 0 Å². The fourth-order valence-corrected chi connectivity index (χ4v) is 3.15. The minimum Gasteiger partial charge on any atom is -0.412 e. The summed E-state index contributed by atoms with van der Waals surface area (Å²) in [4.78, 5) is 50.3. The number of amides is 6. The molecule has 15 heteroatoms. The molecule has 0 aliphatic heterocycles. The zero-order valence-electron chi connectivity index (χ0n) is 21.2. The molecule has 0 bridgehead atoms. The van der Waals surface area contributed by atoms with Crippen molar-refractivity contribution in [1.82, 2.24) is 35.8 Å². The van der Waals surface area contributed by atoms with Gasteiger partial charge in [-0.2, -0.15) is 0 Å². The lowest BCUT2D eigenvalue weighted by molar-refractivity contribution is 0.238. The number of urea groups is 3. The van der Waals surface area contributed by atoms with E-state index in [9.17, 15) is 14.4 Å². The standard InChI is InChI=1S/C24H30N10O3.2H2O/c35-22(31-19-4-1-7-25-16-19)28-10-13-34(14-11-29-23(36)32-20-5-2-8-26-17-20)15-12-30-24(37)33-21-6-3-9-27-18-21;;/h1-9,16-18H,10-15H2,(H2,28,31,35)(H2,29,32,36)(H2,30,33,37);2*1H2. The van der Waals surface area contributed by atoms with Gasteiger partial charge in [-0.15, -0.1) is 0 Å². The van der Waals surface area contributed by atoms with Crippen molar-refractivity contribution in [2.45, 2.75) is 0 Å². The third-order valence-electron chi connectivity index (χ3n) is 4.90. The van der Waals surface area contributed by atoms with Crippen molar-refractivity contribution in [2.75, 3.05) is 55.2 Å². The molecule has 0 unspecified atom stereocenters. The summed E-state index contributed by atoms with van der Waals surface area (Å²) in [5.41, 5.74) is 1.76. The van der Waals surface area contributed by atoms with Crippen molar-refractivity contribution in [3.05, 3.63) is 73.6 Å². The topological polar surface area (TPSA) is 228 Å². The lowest BCUT2D eigenvalue weighted by Gasteiger charge is -2.23. The summed E-state index contributed by atoms with van der Waals surface area (Å²) in [6, 6.07) is 9.35. The van der Waals surface area contributed by atoms with Crippen molar-refractivity contribution in [3.8, 4) is 0 Å². The minimum absolute atomic E-state index is 0. The van der Waals surface area contributed by atoms with E-state index in [4.69, 9.17) is 0 Å². The third-order valence-corrected chi connectivity index (χ3v) is 4.90. The van der Waals surface area contributed by atoms with E-state index < -0.39 is 0 Å². The van der Waals surface area contributed by atoms with Crippen LogP contribution < -0.4 is 31.9 Å². The molecule has 0 saturated carbocycles. The molecule has 3 heterocycles. The number of carbonyl (C=O) groups excluding carboxylic acids is 3. The van der Waals surface area contributed by atoms with E-state index in [2.05, 4.69) is 46.9 Å². The predicted molar refractivity (Wildman–Crippen MR) is 147 cm³/mol. The first kappa shape index (κ1) is 32.2. The molecule has 210 valence electrons. The van der Waals surface area contributed by atoms with Crippen molar-refractivity contribution >= 4 is 35.2 Å². The van der Waals surface area contributed by atoms with Gasteiger partial charge in [0.15, 0.2) is 0 Å².